The van der Waals surface area contributed by atoms with E-state index in [1.165, 1.54) is 7.11 Å². The smallest absolute Gasteiger partial charge is 0.407 e. The highest BCUT2D eigenvalue weighted by molar-refractivity contribution is 5.93. The maximum Gasteiger partial charge on any atom is 0.407 e. The Morgan fingerprint density at radius 1 is 1.41 bits per heavy atom. The first-order valence-corrected chi connectivity index (χ1v) is 7.70. The number of aliphatic imine (C=N–C) groups is 1. The van der Waals surface area contributed by atoms with Gasteiger partial charge in [0.05, 0.1) is 13.2 Å². The molecule has 7 nitrogen and oxygen atoms in total. The van der Waals surface area contributed by atoms with Crippen LogP contribution in [0.1, 0.15) is 33.1 Å². The van der Waals surface area contributed by atoms with Crippen molar-refractivity contribution < 1.29 is 14.3 Å². The van der Waals surface area contributed by atoms with Crippen molar-refractivity contribution in [1.82, 2.24) is 10.2 Å². The van der Waals surface area contributed by atoms with Gasteiger partial charge in [-0.25, -0.2) is 4.79 Å². The number of rotatable bonds is 4. The fourth-order valence-electron chi connectivity index (χ4n) is 3.12. The van der Waals surface area contributed by atoms with E-state index in [0.29, 0.717) is 12.4 Å². The van der Waals surface area contributed by atoms with Crippen molar-refractivity contribution in [3.8, 4) is 0 Å². The van der Waals surface area contributed by atoms with Gasteiger partial charge in [0.25, 0.3) is 0 Å². The summed E-state index contributed by atoms with van der Waals surface area (Å²) in [5.74, 6) is 0.335. The number of likely N-dealkylation sites (tertiary alicyclic amines) is 1. The van der Waals surface area contributed by atoms with Gasteiger partial charge in [0.15, 0.2) is 0 Å². The third-order valence-corrected chi connectivity index (χ3v) is 4.74. The molecule has 2 atom stereocenters. The van der Waals surface area contributed by atoms with E-state index in [-0.39, 0.29) is 23.3 Å². The third kappa shape index (κ3) is 3.18. The zero-order valence-electron chi connectivity index (χ0n) is 13.8. The quantitative estimate of drug-likeness (QED) is 0.591. The molecule has 1 saturated carbocycles. The first kappa shape index (κ1) is 16.6. The number of carbonyl (C=O) groups is 2. The molecule has 0 unspecified atom stereocenters. The van der Waals surface area contributed by atoms with Crippen LogP contribution in [0.3, 0.4) is 0 Å². The molecule has 3 N–H and O–H groups in total. The van der Waals surface area contributed by atoms with Crippen LogP contribution in [0.4, 0.5) is 4.79 Å². The van der Waals surface area contributed by atoms with E-state index in [1.807, 2.05) is 13.8 Å². The summed E-state index contributed by atoms with van der Waals surface area (Å²) in [6, 6.07) is -0.783. The number of ether oxygens (including phenoxy) is 1. The lowest BCUT2D eigenvalue weighted by molar-refractivity contribution is -0.134. The fraction of sp³-hybridized carbons (Fsp3) is 0.800. The predicted molar refractivity (Wildman–Crippen MR) is 83.5 cm³/mol. The fourth-order valence-corrected chi connectivity index (χ4v) is 3.12. The van der Waals surface area contributed by atoms with E-state index in [1.54, 1.807) is 11.9 Å². The Morgan fingerprint density at radius 3 is 2.50 bits per heavy atom. The number of methoxy groups -OCH3 is 1. The van der Waals surface area contributed by atoms with Gasteiger partial charge < -0.3 is 20.7 Å². The van der Waals surface area contributed by atoms with Gasteiger partial charge in [0.1, 0.15) is 11.9 Å². The van der Waals surface area contributed by atoms with Crippen LogP contribution in [0.5, 0.6) is 0 Å². The maximum absolute atomic E-state index is 12.9. The van der Waals surface area contributed by atoms with Crippen LogP contribution in [0, 0.1) is 11.3 Å². The summed E-state index contributed by atoms with van der Waals surface area (Å²) < 4.78 is 4.62. The second-order valence-electron chi connectivity index (χ2n) is 6.69. The summed E-state index contributed by atoms with van der Waals surface area (Å²) in [5, 5.41) is 2.63. The molecule has 2 rings (SSSR count). The van der Waals surface area contributed by atoms with E-state index < -0.39 is 12.1 Å². The first-order chi connectivity index (χ1) is 10.3. The summed E-state index contributed by atoms with van der Waals surface area (Å²) in [6.45, 7) is 4.49. The van der Waals surface area contributed by atoms with Gasteiger partial charge in [-0.1, -0.05) is 13.8 Å². The van der Waals surface area contributed by atoms with Crippen molar-refractivity contribution in [2.45, 2.75) is 45.2 Å². The largest absolute Gasteiger partial charge is 0.453 e. The van der Waals surface area contributed by atoms with E-state index in [0.717, 1.165) is 19.3 Å². The Bertz CT molecular complexity index is 485. The Labute approximate surface area is 131 Å². The molecule has 0 bridgehead atoms. The van der Waals surface area contributed by atoms with Crippen molar-refractivity contribution in [3.05, 3.63) is 0 Å². The second-order valence-corrected chi connectivity index (χ2v) is 6.69. The summed E-state index contributed by atoms with van der Waals surface area (Å²) in [6.07, 6.45) is 2.52. The molecular formula is C15H26N4O3. The SMILES string of the molecule is CN=C(N)[C@@H]1CC2(CC2)CN1C(=O)[C@@H](NC(=O)OC)C(C)C. The zero-order valence-corrected chi connectivity index (χ0v) is 13.8. The molecule has 1 aliphatic carbocycles. The average Bonchev–Trinajstić information content (AvgIpc) is 3.13. The van der Waals surface area contributed by atoms with Gasteiger partial charge in [-0.15, -0.1) is 0 Å². The number of carbonyl (C=O) groups excluding carboxylic acids is 2. The minimum Gasteiger partial charge on any atom is -0.453 e. The number of amides is 2. The van der Waals surface area contributed by atoms with Crippen LogP contribution in [0.15, 0.2) is 4.99 Å². The van der Waals surface area contributed by atoms with E-state index in [4.69, 9.17) is 5.73 Å². The van der Waals surface area contributed by atoms with Crippen LogP contribution in [0.25, 0.3) is 0 Å². The van der Waals surface area contributed by atoms with Crippen molar-refractivity contribution in [2.24, 2.45) is 22.1 Å². The molecule has 2 amide bonds. The van der Waals surface area contributed by atoms with E-state index in [2.05, 4.69) is 15.0 Å². The molecule has 0 aromatic carbocycles. The number of nitrogens with zero attached hydrogens (tertiary/aromatic N) is 2. The lowest BCUT2D eigenvalue weighted by Gasteiger charge is -2.30. The van der Waals surface area contributed by atoms with E-state index >= 15 is 0 Å². The number of nitrogens with one attached hydrogen (secondary N) is 1. The molecule has 2 fully saturated rings. The molecule has 1 heterocycles. The summed E-state index contributed by atoms with van der Waals surface area (Å²) in [4.78, 5) is 30.3. The number of amidine groups is 1. The highest BCUT2D eigenvalue weighted by Crippen LogP contribution is 2.54. The zero-order chi connectivity index (χ0) is 16.5. The maximum atomic E-state index is 12.9. The monoisotopic (exact) mass is 310 g/mol. The number of alkyl carbamates (subject to hydrolysis) is 1. The molecule has 1 aliphatic heterocycles. The Balaban J connectivity index is 2.18. The van der Waals surface area contributed by atoms with Crippen LogP contribution in [-0.4, -0.2) is 55.5 Å². The standard InChI is InChI=1S/C15H26N4O3/c1-9(2)11(18-14(21)22-4)13(20)19-8-15(5-6-15)7-10(19)12(16)17-3/h9-11H,5-8H2,1-4H3,(H2,16,17)(H,18,21)/t10-,11-/m0/s1. The highest BCUT2D eigenvalue weighted by Gasteiger charge is 2.55. The number of hydrogen-bond donors (Lipinski definition) is 2. The Kier molecular flexibility index (Phi) is 4.63. The molecule has 0 aromatic rings. The second kappa shape index (κ2) is 6.14. The Hall–Kier alpha value is -1.79. The highest BCUT2D eigenvalue weighted by atomic mass is 16.5. The van der Waals surface area contributed by atoms with Crippen molar-refractivity contribution >= 4 is 17.8 Å². The third-order valence-electron chi connectivity index (χ3n) is 4.74. The van der Waals surface area contributed by atoms with Gasteiger partial charge in [0.2, 0.25) is 5.91 Å². The molecular weight excluding hydrogens is 284 g/mol. The topological polar surface area (TPSA) is 97.0 Å². The summed E-state index contributed by atoms with van der Waals surface area (Å²) >= 11 is 0. The molecule has 1 spiro atoms. The number of hydrogen-bond acceptors (Lipinski definition) is 4. The lowest BCUT2D eigenvalue weighted by Crippen LogP contribution is -2.54. The molecule has 124 valence electrons. The molecule has 0 aromatic heterocycles. The van der Waals surface area contributed by atoms with Crippen LogP contribution >= 0.6 is 0 Å². The van der Waals surface area contributed by atoms with Gasteiger partial charge in [-0.05, 0) is 30.6 Å². The van der Waals surface area contributed by atoms with E-state index in [9.17, 15) is 9.59 Å². The van der Waals surface area contributed by atoms with Crippen molar-refractivity contribution in [2.75, 3.05) is 20.7 Å². The summed E-state index contributed by atoms with van der Waals surface area (Å²) in [7, 11) is 2.93. The van der Waals surface area contributed by atoms with Gasteiger partial charge in [0, 0.05) is 13.6 Å². The van der Waals surface area contributed by atoms with Gasteiger partial charge in [-0.3, -0.25) is 9.79 Å². The van der Waals surface area contributed by atoms with Gasteiger partial charge in [-0.2, -0.15) is 0 Å². The molecule has 1 saturated heterocycles. The van der Waals surface area contributed by atoms with Crippen LogP contribution < -0.4 is 11.1 Å². The normalized spacial score (nSPS) is 24.5. The summed E-state index contributed by atoms with van der Waals surface area (Å²) in [5.41, 5.74) is 6.21. The minimum atomic E-state index is -0.617. The molecule has 0 radical (unpaired) electrons. The van der Waals surface area contributed by atoms with Crippen molar-refractivity contribution in [3.63, 3.8) is 0 Å². The average molecular weight is 310 g/mol. The predicted octanol–water partition coefficient (Wildman–Crippen LogP) is 0.735. The first-order valence-electron chi connectivity index (χ1n) is 7.70. The van der Waals surface area contributed by atoms with Crippen LogP contribution in [0.2, 0.25) is 0 Å². The Morgan fingerprint density at radius 2 is 2.05 bits per heavy atom. The lowest BCUT2D eigenvalue weighted by atomic mass is 10.0. The van der Waals surface area contributed by atoms with Gasteiger partial charge >= 0.3 is 6.09 Å². The molecule has 7 heteroatoms. The van der Waals surface area contributed by atoms with Crippen molar-refractivity contribution in [1.29, 1.82) is 0 Å². The number of nitrogens with two attached hydrogens (primary N) is 1. The van der Waals surface area contributed by atoms with Crippen LogP contribution in [-0.2, 0) is 9.53 Å². The molecule has 2 aliphatic rings. The molecule has 22 heavy (non-hydrogen) atoms. The minimum absolute atomic E-state index is 0.0391.